The predicted molar refractivity (Wildman–Crippen MR) is 147 cm³/mol. The molecule has 1 aliphatic rings. The Morgan fingerprint density at radius 1 is 0.872 bits per heavy atom. The zero-order chi connectivity index (χ0) is 28.2. The van der Waals surface area contributed by atoms with Gasteiger partial charge in [-0.3, -0.25) is 4.79 Å². The van der Waals surface area contributed by atoms with Gasteiger partial charge in [-0.05, 0) is 56.4 Å². The maximum atomic E-state index is 14.4. The second kappa shape index (κ2) is 11.9. The molecule has 39 heavy (non-hydrogen) atoms. The smallest absolute Gasteiger partial charge is 0.243 e. The van der Waals surface area contributed by atoms with Crippen LogP contribution in [0, 0.1) is 12.7 Å². The third kappa shape index (κ3) is 6.89. The topological polar surface area (TPSA) is 107 Å². The Kier molecular flexibility index (Phi) is 8.82. The molecule has 9 nitrogen and oxygen atoms in total. The van der Waals surface area contributed by atoms with Gasteiger partial charge in [-0.25, -0.2) is 21.2 Å². The van der Waals surface area contributed by atoms with E-state index < -0.39 is 38.3 Å². The molecule has 1 amide bonds. The molecule has 1 saturated heterocycles. The number of amides is 1. The van der Waals surface area contributed by atoms with Gasteiger partial charge in [0.25, 0.3) is 0 Å². The highest BCUT2D eigenvalue weighted by molar-refractivity contribution is 7.89. The molecule has 0 unspecified atom stereocenters. The monoisotopic (exact) mass is 574 g/mol. The summed E-state index contributed by atoms with van der Waals surface area (Å²) in [5, 5.41) is 2.62. The summed E-state index contributed by atoms with van der Waals surface area (Å²) in [4.78, 5) is 15.1. The molecular formula is C27H31FN4O5S2. The third-order valence-corrected chi connectivity index (χ3v) is 10.2. The Labute approximate surface area is 229 Å². The number of hydrogen-bond donors (Lipinski definition) is 1. The van der Waals surface area contributed by atoms with Crippen LogP contribution in [-0.4, -0.2) is 76.0 Å². The maximum absolute atomic E-state index is 14.4. The SMILES string of the molecule is Cc1ccc(S(=O)(=O)N(CC(=O)Nc2ccc(S(=O)(=O)N3CCN(C)CC3)cc2)Cc2ccccc2F)cc1. The largest absolute Gasteiger partial charge is 0.325 e. The summed E-state index contributed by atoms with van der Waals surface area (Å²) in [6.45, 7) is 2.97. The van der Waals surface area contributed by atoms with E-state index in [0.717, 1.165) is 9.87 Å². The number of benzene rings is 3. The lowest BCUT2D eigenvalue weighted by molar-refractivity contribution is -0.116. The van der Waals surface area contributed by atoms with Gasteiger partial charge in [-0.15, -0.1) is 0 Å². The first-order valence-corrected chi connectivity index (χ1v) is 15.2. The molecular weight excluding hydrogens is 543 g/mol. The van der Waals surface area contributed by atoms with E-state index in [9.17, 15) is 26.0 Å². The first-order chi connectivity index (χ1) is 18.5. The van der Waals surface area contributed by atoms with E-state index >= 15 is 0 Å². The van der Waals surface area contributed by atoms with Gasteiger partial charge in [-0.2, -0.15) is 8.61 Å². The Hall–Kier alpha value is -3.16. The van der Waals surface area contributed by atoms with E-state index in [0.29, 0.717) is 31.9 Å². The van der Waals surface area contributed by atoms with E-state index in [4.69, 9.17) is 0 Å². The van der Waals surface area contributed by atoms with Gasteiger partial charge in [0, 0.05) is 44.0 Å². The number of piperazine rings is 1. The van der Waals surface area contributed by atoms with E-state index in [1.165, 1.54) is 58.9 Å². The van der Waals surface area contributed by atoms with Crippen molar-refractivity contribution >= 4 is 31.6 Å². The summed E-state index contributed by atoms with van der Waals surface area (Å²) in [7, 11) is -5.88. The first kappa shape index (κ1) is 28.8. The zero-order valence-electron chi connectivity index (χ0n) is 21.7. The molecule has 3 aromatic rings. The Morgan fingerprint density at radius 3 is 2.08 bits per heavy atom. The third-order valence-electron chi connectivity index (χ3n) is 6.52. The molecule has 1 fully saturated rings. The molecule has 1 aliphatic heterocycles. The number of halogens is 1. The minimum Gasteiger partial charge on any atom is -0.325 e. The van der Waals surface area contributed by atoms with Gasteiger partial charge >= 0.3 is 0 Å². The summed E-state index contributed by atoms with van der Waals surface area (Å²) in [5.41, 5.74) is 1.29. The molecule has 208 valence electrons. The zero-order valence-corrected chi connectivity index (χ0v) is 23.4. The van der Waals surface area contributed by atoms with Crippen LogP contribution in [0.3, 0.4) is 0 Å². The highest BCUT2D eigenvalue weighted by Crippen LogP contribution is 2.22. The Balaban J connectivity index is 1.51. The van der Waals surface area contributed by atoms with Crippen molar-refractivity contribution in [1.29, 1.82) is 0 Å². The van der Waals surface area contributed by atoms with E-state index in [1.54, 1.807) is 18.2 Å². The van der Waals surface area contributed by atoms with Crippen LogP contribution in [0.1, 0.15) is 11.1 Å². The molecule has 3 aromatic carbocycles. The lowest BCUT2D eigenvalue weighted by atomic mass is 10.2. The molecule has 0 radical (unpaired) electrons. The van der Waals surface area contributed by atoms with Crippen molar-refractivity contribution in [1.82, 2.24) is 13.5 Å². The number of rotatable bonds is 9. The summed E-state index contributed by atoms with van der Waals surface area (Å²) >= 11 is 0. The molecule has 1 N–H and O–H groups in total. The van der Waals surface area contributed by atoms with Gasteiger partial charge in [-0.1, -0.05) is 35.9 Å². The number of carbonyl (C=O) groups is 1. The van der Waals surface area contributed by atoms with Crippen LogP contribution in [0.4, 0.5) is 10.1 Å². The molecule has 12 heteroatoms. The number of aryl methyl sites for hydroxylation is 1. The fraction of sp³-hybridized carbons (Fsp3) is 0.296. The quantitative estimate of drug-likeness (QED) is 0.421. The Morgan fingerprint density at radius 2 is 1.46 bits per heavy atom. The molecule has 0 aromatic heterocycles. The van der Waals surface area contributed by atoms with Crippen LogP contribution in [0.2, 0.25) is 0 Å². The van der Waals surface area contributed by atoms with Crippen LogP contribution in [0.5, 0.6) is 0 Å². The Bertz CT molecular complexity index is 1520. The predicted octanol–water partition coefficient (Wildman–Crippen LogP) is 2.90. The van der Waals surface area contributed by atoms with Crippen molar-refractivity contribution in [2.24, 2.45) is 0 Å². The van der Waals surface area contributed by atoms with Crippen LogP contribution < -0.4 is 5.32 Å². The maximum Gasteiger partial charge on any atom is 0.243 e. The van der Waals surface area contributed by atoms with Gasteiger partial charge in [0.1, 0.15) is 5.82 Å². The van der Waals surface area contributed by atoms with Crippen molar-refractivity contribution in [3.63, 3.8) is 0 Å². The standard InChI is InChI=1S/C27H31FN4O5S2/c1-21-7-11-24(12-8-21)39(36,37)32(19-22-5-3-4-6-26(22)28)20-27(33)29-23-9-13-25(14-10-23)38(34,35)31-17-15-30(2)16-18-31/h3-14H,15-20H2,1-2H3,(H,29,33). The molecule has 1 heterocycles. The molecule has 0 saturated carbocycles. The highest BCUT2D eigenvalue weighted by atomic mass is 32.2. The minimum atomic E-state index is -4.15. The summed E-state index contributed by atoms with van der Waals surface area (Å²) in [6, 6.07) is 17.7. The average molecular weight is 575 g/mol. The van der Waals surface area contributed by atoms with E-state index in [1.807, 2.05) is 14.0 Å². The fourth-order valence-electron chi connectivity index (χ4n) is 4.15. The van der Waals surface area contributed by atoms with Crippen molar-refractivity contribution in [2.45, 2.75) is 23.3 Å². The van der Waals surface area contributed by atoms with Crippen molar-refractivity contribution < 1.29 is 26.0 Å². The molecule has 0 aliphatic carbocycles. The number of nitrogens with zero attached hydrogens (tertiary/aromatic N) is 3. The number of likely N-dealkylation sites (N-methyl/N-ethyl adjacent to an activating group) is 1. The lowest BCUT2D eigenvalue weighted by Crippen LogP contribution is -2.46. The molecule has 0 spiro atoms. The van der Waals surface area contributed by atoms with Gasteiger partial charge < -0.3 is 10.2 Å². The number of anilines is 1. The van der Waals surface area contributed by atoms with Crippen molar-refractivity contribution in [3.8, 4) is 0 Å². The van der Waals surface area contributed by atoms with Crippen LogP contribution >= 0.6 is 0 Å². The molecule has 0 bridgehead atoms. The summed E-state index contributed by atoms with van der Waals surface area (Å²) in [5.74, 6) is -1.24. The van der Waals surface area contributed by atoms with Crippen molar-refractivity contribution in [2.75, 3.05) is 45.1 Å². The minimum absolute atomic E-state index is 0.0179. The molecule has 4 rings (SSSR count). The van der Waals surface area contributed by atoms with Gasteiger partial charge in [0.2, 0.25) is 26.0 Å². The number of hydrogen-bond acceptors (Lipinski definition) is 6. The van der Waals surface area contributed by atoms with Gasteiger partial charge in [0.05, 0.1) is 16.3 Å². The van der Waals surface area contributed by atoms with Crippen molar-refractivity contribution in [3.05, 3.63) is 89.7 Å². The summed E-state index contributed by atoms with van der Waals surface area (Å²) in [6.07, 6.45) is 0. The van der Waals surface area contributed by atoms with E-state index in [-0.39, 0.29) is 21.9 Å². The number of carbonyl (C=O) groups excluding carboxylic acids is 1. The first-order valence-electron chi connectivity index (χ1n) is 12.4. The second-order valence-electron chi connectivity index (χ2n) is 9.46. The number of nitrogens with one attached hydrogen (secondary N) is 1. The molecule has 0 atom stereocenters. The van der Waals surface area contributed by atoms with E-state index in [2.05, 4.69) is 10.2 Å². The highest BCUT2D eigenvalue weighted by Gasteiger charge is 2.29. The fourth-order valence-corrected chi connectivity index (χ4v) is 6.95. The van der Waals surface area contributed by atoms with Gasteiger partial charge in [0.15, 0.2) is 0 Å². The lowest BCUT2D eigenvalue weighted by Gasteiger charge is -2.31. The van der Waals surface area contributed by atoms with Crippen LogP contribution in [0.25, 0.3) is 0 Å². The summed E-state index contributed by atoms with van der Waals surface area (Å²) < 4.78 is 69.5. The number of sulfonamides is 2. The second-order valence-corrected chi connectivity index (χ2v) is 13.3. The van der Waals surface area contributed by atoms with Crippen LogP contribution in [0.15, 0.2) is 82.6 Å². The van der Waals surface area contributed by atoms with Crippen LogP contribution in [-0.2, 0) is 31.4 Å². The average Bonchev–Trinajstić information content (AvgIpc) is 2.90. The normalized spacial score (nSPS) is 15.4.